The number of hydrogen-bond acceptors (Lipinski definition) is 5. The van der Waals surface area contributed by atoms with Crippen molar-refractivity contribution in [2.75, 3.05) is 19.8 Å². The van der Waals surface area contributed by atoms with Crippen LogP contribution in [0, 0.1) is 0 Å². The minimum absolute atomic E-state index is 0.103. The number of carbonyl (C=O) groups is 2. The molecule has 0 spiro atoms. The average molecular weight is 344 g/mol. The van der Waals surface area contributed by atoms with Crippen molar-refractivity contribution in [2.45, 2.75) is 25.3 Å². The Bertz CT molecular complexity index is 728. The first-order valence-electron chi connectivity index (χ1n) is 8.22. The lowest BCUT2D eigenvalue weighted by atomic mass is 10.1. The van der Waals surface area contributed by atoms with Crippen molar-refractivity contribution in [1.82, 2.24) is 9.88 Å². The summed E-state index contributed by atoms with van der Waals surface area (Å²) in [4.78, 5) is 29.2. The van der Waals surface area contributed by atoms with E-state index in [1.54, 1.807) is 11.1 Å². The number of benzene rings is 1. The van der Waals surface area contributed by atoms with E-state index in [1.807, 2.05) is 30.3 Å². The zero-order valence-electron chi connectivity index (χ0n) is 13.8. The maximum atomic E-state index is 12.4. The summed E-state index contributed by atoms with van der Waals surface area (Å²) < 4.78 is 11.0. The third kappa shape index (κ3) is 4.45. The van der Waals surface area contributed by atoms with Gasteiger partial charge in [0.1, 0.15) is 0 Å². The first kappa shape index (κ1) is 17.2. The number of rotatable bonds is 6. The van der Waals surface area contributed by atoms with E-state index >= 15 is 0 Å². The number of ether oxygens (including phenoxy) is 1. The highest BCUT2D eigenvalue weighted by Gasteiger charge is 2.29. The van der Waals surface area contributed by atoms with Gasteiger partial charge < -0.3 is 19.2 Å². The SMILES string of the molecule is O=C(O)CC1COCCN1C(=O)CCc1ncc(-c2ccccc2)o1. The van der Waals surface area contributed by atoms with Gasteiger partial charge in [0.25, 0.3) is 0 Å². The van der Waals surface area contributed by atoms with E-state index in [2.05, 4.69) is 4.98 Å². The van der Waals surface area contributed by atoms with Crippen LogP contribution < -0.4 is 0 Å². The quantitative estimate of drug-likeness (QED) is 0.861. The van der Waals surface area contributed by atoms with Gasteiger partial charge in [-0.15, -0.1) is 0 Å². The molecule has 1 amide bonds. The summed E-state index contributed by atoms with van der Waals surface area (Å²) in [7, 11) is 0. The number of oxazole rings is 1. The Hall–Kier alpha value is -2.67. The molecule has 1 atom stereocenters. The molecule has 1 aromatic carbocycles. The molecule has 1 saturated heterocycles. The molecule has 25 heavy (non-hydrogen) atoms. The molecule has 1 aliphatic rings. The molecule has 0 radical (unpaired) electrons. The Kier molecular flexibility index (Phi) is 5.45. The fourth-order valence-electron chi connectivity index (χ4n) is 2.87. The second-order valence-corrected chi connectivity index (χ2v) is 5.90. The summed E-state index contributed by atoms with van der Waals surface area (Å²) in [5, 5.41) is 8.97. The van der Waals surface area contributed by atoms with Gasteiger partial charge in [-0.1, -0.05) is 30.3 Å². The van der Waals surface area contributed by atoms with Crippen LogP contribution in [0.5, 0.6) is 0 Å². The predicted octanol–water partition coefficient (Wildman–Crippen LogP) is 1.98. The van der Waals surface area contributed by atoms with Gasteiger partial charge in [0.05, 0.1) is 31.9 Å². The molecular weight excluding hydrogens is 324 g/mol. The highest BCUT2D eigenvalue weighted by Crippen LogP contribution is 2.21. The Labute approximate surface area is 145 Å². The highest BCUT2D eigenvalue weighted by atomic mass is 16.5. The van der Waals surface area contributed by atoms with Crippen LogP contribution in [0.4, 0.5) is 0 Å². The van der Waals surface area contributed by atoms with Crippen molar-refractivity contribution in [1.29, 1.82) is 0 Å². The Morgan fingerprint density at radius 1 is 1.28 bits per heavy atom. The van der Waals surface area contributed by atoms with Gasteiger partial charge in [-0.25, -0.2) is 4.98 Å². The van der Waals surface area contributed by atoms with Gasteiger partial charge in [-0.05, 0) is 0 Å². The van der Waals surface area contributed by atoms with Crippen molar-refractivity contribution in [3.8, 4) is 11.3 Å². The summed E-state index contributed by atoms with van der Waals surface area (Å²) in [5.41, 5.74) is 0.933. The predicted molar refractivity (Wildman–Crippen MR) is 88.8 cm³/mol. The van der Waals surface area contributed by atoms with Gasteiger partial charge >= 0.3 is 5.97 Å². The fourth-order valence-corrected chi connectivity index (χ4v) is 2.87. The Balaban J connectivity index is 1.58. The summed E-state index contributed by atoms with van der Waals surface area (Å²) in [6, 6.07) is 9.21. The molecule has 3 rings (SSSR count). The number of aromatic nitrogens is 1. The van der Waals surface area contributed by atoms with Gasteiger partial charge in [0.15, 0.2) is 11.7 Å². The molecule has 1 aromatic heterocycles. The number of carboxylic acid groups (broad SMARTS) is 1. The first-order chi connectivity index (χ1) is 12.1. The summed E-state index contributed by atoms with van der Waals surface area (Å²) in [6.45, 7) is 1.10. The molecule has 0 bridgehead atoms. The van der Waals surface area contributed by atoms with E-state index in [-0.39, 0.29) is 25.4 Å². The minimum atomic E-state index is -0.937. The lowest BCUT2D eigenvalue weighted by molar-refractivity contribution is -0.146. The Morgan fingerprint density at radius 2 is 2.08 bits per heavy atom. The number of hydrogen-bond donors (Lipinski definition) is 1. The van der Waals surface area contributed by atoms with Crippen LogP contribution in [0.1, 0.15) is 18.7 Å². The number of morpholine rings is 1. The third-order valence-electron chi connectivity index (χ3n) is 4.12. The molecule has 1 fully saturated rings. The molecule has 132 valence electrons. The monoisotopic (exact) mass is 344 g/mol. The van der Waals surface area contributed by atoms with E-state index < -0.39 is 12.0 Å². The van der Waals surface area contributed by atoms with E-state index in [1.165, 1.54) is 0 Å². The molecule has 7 nitrogen and oxygen atoms in total. The minimum Gasteiger partial charge on any atom is -0.481 e. The van der Waals surface area contributed by atoms with Crippen LogP contribution in [-0.4, -0.2) is 52.7 Å². The Morgan fingerprint density at radius 3 is 2.84 bits per heavy atom. The number of aliphatic carboxylic acids is 1. The third-order valence-corrected chi connectivity index (χ3v) is 4.12. The zero-order chi connectivity index (χ0) is 17.6. The molecule has 1 aliphatic heterocycles. The van der Waals surface area contributed by atoms with Crippen molar-refractivity contribution < 1.29 is 23.8 Å². The normalized spacial score (nSPS) is 17.4. The highest BCUT2D eigenvalue weighted by molar-refractivity contribution is 5.78. The summed E-state index contributed by atoms with van der Waals surface area (Å²) >= 11 is 0. The number of carboxylic acids is 1. The van der Waals surface area contributed by atoms with Crippen LogP contribution in [0.25, 0.3) is 11.3 Å². The maximum Gasteiger partial charge on any atom is 0.305 e. The summed E-state index contributed by atoms with van der Waals surface area (Å²) in [6.07, 6.45) is 2.15. The van der Waals surface area contributed by atoms with Crippen molar-refractivity contribution in [2.24, 2.45) is 0 Å². The average Bonchev–Trinajstić information content (AvgIpc) is 3.09. The van der Waals surface area contributed by atoms with Gasteiger partial charge in [0.2, 0.25) is 5.91 Å². The molecular formula is C18H20N2O5. The number of carbonyl (C=O) groups excluding carboxylic acids is 1. The van der Waals surface area contributed by atoms with Crippen LogP contribution in [0.3, 0.4) is 0 Å². The first-order valence-corrected chi connectivity index (χ1v) is 8.22. The largest absolute Gasteiger partial charge is 0.481 e. The standard InChI is InChI=1S/C18H20N2O5/c21-17(20-8-9-24-12-14(20)10-18(22)23)7-6-16-19-11-15(25-16)13-4-2-1-3-5-13/h1-5,11,14H,6-10,12H2,(H,22,23). The second kappa shape index (κ2) is 7.94. The van der Waals surface area contributed by atoms with E-state index in [0.29, 0.717) is 31.2 Å². The molecule has 2 aromatic rings. The molecule has 7 heteroatoms. The number of amides is 1. The van der Waals surface area contributed by atoms with Crippen LogP contribution >= 0.6 is 0 Å². The number of nitrogens with zero attached hydrogens (tertiary/aromatic N) is 2. The fraction of sp³-hybridized carbons (Fsp3) is 0.389. The maximum absolute atomic E-state index is 12.4. The van der Waals surface area contributed by atoms with Gasteiger partial charge in [-0.2, -0.15) is 0 Å². The summed E-state index contributed by atoms with van der Waals surface area (Å²) in [5.74, 6) is 0.121. The molecule has 2 heterocycles. The van der Waals surface area contributed by atoms with Crippen molar-refractivity contribution in [3.05, 3.63) is 42.4 Å². The van der Waals surface area contributed by atoms with Crippen LogP contribution in [0.2, 0.25) is 0 Å². The van der Waals surface area contributed by atoms with Crippen LogP contribution in [-0.2, 0) is 20.7 Å². The molecule has 0 aliphatic carbocycles. The van der Waals surface area contributed by atoms with Gasteiger partial charge in [0, 0.05) is 24.9 Å². The van der Waals surface area contributed by atoms with Crippen molar-refractivity contribution >= 4 is 11.9 Å². The molecule has 0 saturated carbocycles. The topological polar surface area (TPSA) is 92.9 Å². The second-order valence-electron chi connectivity index (χ2n) is 5.90. The number of aryl methyl sites for hydroxylation is 1. The lowest BCUT2D eigenvalue weighted by Crippen LogP contribution is -2.49. The van der Waals surface area contributed by atoms with Gasteiger partial charge in [-0.3, -0.25) is 9.59 Å². The molecule has 1 N–H and O–H groups in total. The zero-order valence-corrected chi connectivity index (χ0v) is 13.8. The van der Waals surface area contributed by atoms with Crippen molar-refractivity contribution in [3.63, 3.8) is 0 Å². The van der Waals surface area contributed by atoms with E-state index in [4.69, 9.17) is 14.3 Å². The smallest absolute Gasteiger partial charge is 0.305 e. The lowest BCUT2D eigenvalue weighted by Gasteiger charge is -2.34. The van der Waals surface area contributed by atoms with Crippen LogP contribution in [0.15, 0.2) is 40.9 Å². The van der Waals surface area contributed by atoms with E-state index in [0.717, 1.165) is 5.56 Å². The van der Waals surface area contributed by atoms with E-state index in [9.17, 15) is 9.59 Å². The molecule has 1 unspecified atom stereocenters.